The fourth-order valence-corrected chi connectivity index (χ4v) is 3.63. The van der Waals surface area contributed by atoms with Gasteiger partial charge in [0, 0.05) is 46.7 Å². The lowest BCUT2D eigenvalue weighted by molar-refractivity contribution is 0.504. The summed E-state index contributed by atoms with van der Waals surface area (Å²) >= 11 is 0. The fraction of sp³-hybridized carbons (Fsp3) is 0.200. The molecule has 1 aliphatic carbocycles. The quantitative estimate of drug-likeness (QED) is 0.498. The van der Waals surface area contributed by atoms with E-state index < -0.39 is 0 Å². The van der Waals surface area contributed by atoms with Gasteiger partial charge < -0.3 is 8.83 Å². The van der Waals surface area contributed by atoms with Crippen LogP contribution in [0.15, 0.2) is 70.4 Å². The number of pyridine rings is 2. The van der Waals surface area contributed by atoms with Crippen LogP contribution in [0.2, 0.25) is 0 Å². The van der Waals surface area contributed by atoms with Crippen LogP contribution in [0.1, 0.15) is 36.1 Å². The molecule has 5 rings (SSSR count). The van der Waals surface area contributed by atoms with Crippen LogP contribution in [0.25, 0.3) is 22.9 Å². The molecule has 0 spiro atoms. The second kappa shape index (κ2) is 7.15. The van der Waals surface area contributed by atoms with E-state index in [0.717, 1.165) is 35.4 Å². The molecule has 0 aromatic carbocycles. The van der Waals surface area contributed by atoms with Crippen molar-refractivity contribution in [1.29, 1.82) is 0 Å². The molecule has 138 valence electrons. The third-order valence-electron chi connectivity index (χ3n) is 4.97. The molecular formula is C20H16N6O2. The Balaban J connectivity index is 1.51. The maximum absolute atomic E-state index is 5.33. The van der Waals surface area contributed by atoms with Crippen molar-refractivity contribution >= 4 is 0 Å². The van der Waals surface area contributed by atoms with Gasteiger partial charge in [0.05, 0.1) is 0 Å². The Kier molecular flexibility index (Phi) is 4.21. The van der Waals surface area contributed by atoms with Crippen LogP contribution in [0.4, 0.5) is 0 Å². The molecule has 2 unspecified atom stereocenters. The van der Waals surface area contributed by atoms with Gasteiger partial charge in [0.2, 0.25) is 24.6 Å². The van der Waals surface area contributed by atoms with E-state index in [1.807, 2.05) is 24.3 Å². The maximum atomic E-state index is 5.33. The first kappa shape index (κ1) is 16.5. The minimum absolute atomic E-state index is 0.193. The molecule has 0 N–H and O–H groups in total. The van der Waals surface area contributed by atoms with Crippen LogP contribution in [-0.2, 0) is 0 Å². The van der Waals surface area contributed by atoms with Crippen LogP contribution in [0.5, 0.6) is 0 Å². The molecule has 4 aromatic rings. The topological polar surface area (TPSA) is 104 Å². The predicted molar refractivity (Wildman–Crippen MR) is 98.9 cm³/mol. The molecule has 28 heavy (non-hydrogen) atoms. The van der Waals surface area contributed by atoms with Crippen molar-refractivity contribution in [2.24, 2.45) is 0 Å². The highest BCUT2D eigenvalue weighted by Gasteiger charge is 2.28. The summed E-state index contributed by atoms with van der Waals surface area (Å²) in [5.41, 5.74) is 3.69. The van der Waals surface area contributed by atoms with Crippen LogP contribution in [0.3, 0.4) is 0 Å². The van der Waals surface area contributed by atoms with Gasteiger partial charge in [-0.05, 0) is 37.1 Å². The molecule has 4 heterocycles. The van der Waals surface area contributed by atoms with E-state index in [0.29, 0.717) is 11.8 Å². The van der Waals surface area contributed by atoms with E-state index in [9.17, 15) is 0 Å². The molecule has 0 saturated heterocycles. The lowest BCUT2D eigenvalue weighted by atomic mass is 9.78. The van der Waals surface area contributed by atoms with Crippen molar-refractivity contribution in [1.82, 2.24) is 30.4 Å². The summed E-state index contributed by atoms with van der Waals surface area (Å²) < 4.78 is 10.7. The Labute approximate surface area is 160 Å². The van der Waals surface area contributed by atoms with Crippen LogP contribution in [-0.4, -0.2) is 30.4 Å². The molecule has 8 nitrogen and oxygen atoms in total. The van der Waals surface area contributed by atoms with Gasteiger partial charge in [-0.3, -0.25) is 9.97 Å². The SMILES string of the molecule is C1=CCC(c2cc(-c3nnco3)ccn2)C(c2cc(-c3nnco3)ccn2)C1. The number of hydrogen-bond acceptors (Lipinski definition) is 8. The summed E-state index contributed by atoms with van der Waals surface area (Å²) in [6.07, 6.45) is 12.4. The zero-order valence-corrected chi connectivity index (χ0v) is 14.8. The second-order valence-corrected chi connectivity index (χ2v) is 6.58. The monoisotopic (exact) mass is 372 g/mol. The first-order valence-corrected chi connectivity index (χ1v) is 8.98. The van der Waals surface area contributed by atoms with Gasteiger partial charge in [-0.25, -0.2) is 0 Å². The van der Waals surface area contributed by atoms with Crippen LogP contribution in [0, 0.1) is 0 Å². The summed E-state index contributed by atoms with van der Waals surface area (Å²) in [5, 5.41) is 15.5. The van der Waals surface area contributed by atoms with Crippen molar-refractivity contribution in [2.75, 3.05) is 0 Å². The molecule has 0 radical (unpaired) electrons. The summed E-state index contributed by atoms with van der Waals surface area (Å²) in [6.45, 7) is 0. The number of nitrogens with zero attached hydrogens (tertiary/aromatic N) is 6. The van der Waals surface area contributed by atoms with E-state index >= 15 is 0 Å². The van der Waals surface area contributed by atoms with Gasteiger partial charge in [-0.1, -0.05) is 12.2 Å². The minimum atomic E-state index is 0.193. The highest BCUT2D eigenvalue weighted by atomic mass is 16.4. The van der Waals surface area contributed by atoms with E-state index in [1.165, 1.54) is 12.8 Å². The van der Waals surface area contributed by atoms with Crippen LogP contribution < -0.4 is 0 Å². The highest BCUT2D eigenvalue weighted by Crippen LogP contribution is 2.41. The lowest BCUT2D eigenvalue weighted by Gasteiger charge is -2.28. The first-order chi connectivity index (χ1) is 13.9. The highest BCUT2D eigenvalue weighted by molar-refractivity contribution is 5.54. The number of aromatic nitrogens is 6. The van der Waals surface area contributed by atoms with E-state index in [1.54, 1.807) is 12.4 Å². The Morgan fingerprint density at radius 2 is 1.21 bits per heavy atom. The predicted octanol–water partition coefficient (Wildman–Crippen LogP) is 3.79. The van der Waals surface area contributed by atoms with E-state index in [-0.39, 0.29) is 11.8 Å². The zero-order valence-electron chi connectivity index (χ0n) is 14.8. The number of rotatable bonds is 4. The van der Waals surface area contributed by atoms with Crippen molar-refractivity contribution in [3.8, 4) is 22.9 Å². The smallest absolute Gasteiger partial charge is 0.247 e. The molecular weight excluding hydrogens is 356 g/mol. The fourth-order valence-electron chi connectivity index (χ4n) is 3.63. The van der Waals surface area contributed by atoms with Crippen molar-refractivity contribution < 1.29 is 8.83 Å². The molecule has 0 bridgehead atoms. The normalized spacial score (nSPS) is 19.0. The molecule has 0 fully saturated rings. The molecule has 0 saturated carbocycles. The summed E-state index contributed by atoms with van der Waals surface area (Å²) in [4.78, 5) is 9.26. The van der Waals surface area contributed by atoms with Gasteiger partial charge in [0.15, 0.2) is 0 Å². The Morgan fingerprint density at radius 3 is 1.64 bits per heavy atom. The molecule has 2 atom stereocenters. The lowest BCUT2D eigenvalue weighted by Crippen LogP contribution is -2.16. The summed E-state index contributed by atoms with van der Waals surface area (Å²) in [5.74, 6) is 1.36. The summed E-state index contributed by atoms with van der Waals surface area (Å²) in [6, 6.07) is 7.79. The number of allylic oxidation sites excluding steroid dienone is 2. The van der Waals surface area contributed by atoms with Crippen molar-refractivity contribution in [3.63, 3.8) is 0 Å². The Hall–Kier alpha value is -3.68. The van der Waals surface area contributed by atoms with Gasteiger partial charge in [-0.15, -0.1) is 20.4 Å². The van der Waals surface area contributed by atoms with E-state index in [2.05, 4.69) is 42.5 Å². The summed E-state index contributed by atoms with van der Waals surface area (Å²) in [7, 11) is 0. The molecule has 4 aromatic heterocycles. The average molecular weight is 372 g/mol. The van der Waals surface area contributed by atoms with E-state index in [4.69, 9.17) is 8.83 Å². The van der Waals surface area contributed by atoms with Gasteiger partial charge in [0.25, 0.3) is 0 Å². The average Bonchev–Trinajstić information content (AvgIpc) is 3.48. The van der Waals surface area contributed by atoms with Gasteiger partial charge in [-0.2, -0.15) is 0 Å². The molecule has 0 aliphatic heterocycles. The largest absolute Gasteiger partial charge is 0.423 e. The van der Waals surface area contributed by atoms with Crippen molar-refractivity contribution in [2.45, 2.75) is 24.7 Å². The second-order valence-electron chi connectivity index (χ2n) is 6.58. The van der Waals surface area contributed by atoms with Gasteiger partial charge in [0.1, 0.15) is 0 Å². The maximum Gasteiger partial charge on any atom is 0.247 e. The minimum Gasteiger partial charge on any atom is -0.423 e. The van der Waals surface area contributed by atoms with Crippen molar-refractivity contribution in [3.05, 3.63) is 73.0 Å². The molecule has 0 amide bonds. The Bertz CT molecular complexity index is 1000. The Morgan fingerprint density at radius 1 is 0.714 bits per heavy atom. The number of hydrogen-bond donors (Lipinski definition) is 0. The standard InChI is InChI=1S/C20H16N6O2/c1-2-4-16(18-10-14(6-8-22-18)20-26-24-12-28-20)15(3-1)17-9-13(5-7-21-17)19-25-23-11-27-19/h1-2,5-12,15-16H,3-4H2. The van der Waals surface area contributed by atoms with Gasteiger partial charge >= 0.3 is 0 Å². The molecule has 1 aliphatic rings. The zero-order chi connectivity index (χ0) is 18.8. The third-order valence-corrected chi connectivity index (χ3v) is 4.97. The molecule has 8 heteroatoms. The first-order valence-electron chi connectivity index (χ1n) is 8.98. The third kappa shape index (κ3) is 3.09. The van der Waals surface area contributed by atoms with Crippen LogP contribution >= 0.6 is 0 Å².